The van der Waals surface area contributed by atoms with Gasteiger partial charge in [-0.3, -0.25) is 4.79 Å². The Labute approximate surface area is 193 Å². The van der Waals surface area contributed by atoms with Crippen molar-refractivity contribution in [2.24, 2.45) is 0 Å². The minimum absolute atomic E-state index is 0.0161. The maximum absolute atomic E-state index is 14.6. The maximum Gasteiger partial charge on any atom is 0.247 e. The van der Waals surface area contributed by atoms with Crippen LogP contribution in [0, 0.1) is 22.9 Å². The van der Waals surface area contributed by atoms with Crippen LogP contribution < -0.4 is 21.3 Å². The molecule has 0 bridgehead atoms. The Hall–Kier alpha value is -4.67. The summed E-state index contributed by atoms with van der Waals surface area (Å²) >= 11 is 0. The summed E-state index contributed by atoms with van der Waals surface area (Å²) in [6.45, 7) is 3.37. The monoisotopic (exact) mass is 467 g/mol. The van der Waals surface area contributed by atoms with Gasteiger partial charge >= 0.3 is 0 Å². The zero-order valence-electron chi connectivity index (χ0n) is 17.9. The molecule has 0 aliphatic heterocycles. The van der Waals surface area contributed by atoms with Crippen molar-refractivity contribution < 1.29 is 18.0 Å². The van der Waals surface area contributed by atoms with Crippen LogP contribution in [0.15, 0.2) is 67.1 Å². The fourth-order valence-corrected chi connectivity index (χ4v) is 2.88. The molecule has 3 rings (SSSR count). The highest BCUT2D eigenvalue weighted by molar-refractivity contribution is 5.99. The van der Waals surface area contributed by atoms with E-state index in [0.717, 1.165) is 36.6 Å². The predicted molar refractivity (Wildman–Crippen MR) is 125 cm³/mol. The number of anilines is 4. The molecule has 11 heteroatoms. The average Bonchev–Trinajstić information content (AvgIpc) is 2.80. The third-order valence-electron chi connectivity index (χ3n) is 4.35. The Bertz CT molecular complexity index is 1260. The molecule has 8 nitrogen and oxygen atoms in total. The number of allylic oxidation sites excluding steroid dienone is 1. The Morgan fingerprint density at radius 1 is 1.09 bits per heavy atom. The molecule has 0 radical (unpaired) electrons. The molecule has 0 saturated heterocycles. The van der Waals surface area contributed by atoms with Gasteiger partial charge in [-0.15, -0.1) is 0 Å². The lowest BCUT2D eigenvalue weighted by Crippen LogP contribution is -2.10. The highest BCUT2D eigenvalue weighted by Gasteiger charge is 2.15. The largest absolute Gasteiger partial charge is 0.392 e. The summed E-state index contributed by atoms with van der Waals surface area (Å²) in [5.74, 6) is -2.74. The SMILES string of the molecule is C=CC(=O)Nc1ccc(F)c(Nc2nc(N/C(C=N)=C/NC)ncc2-c2cc(F)cc(F)c2)c1. The van der Waals surface area contributed by atoms with Gasteiger partial charge in [0.2, 0.25) is 11.9 Å². The van der Waals surface area contributed by atoms with Gasteiger partial charge in [0.15, 0.2) is 0 Å². The van der Waals surface area contributed by atoms with E-state index in [4.69, 9.17) is 5.41 Å². The second-order valence-electron chi connectivity index (χ2n) is 6.78. The van der Waals surface area contributed by atoms with E-state index in [-0.39, 0.29) is 34.3 Å². The highest BCUT2D eigenvalue weighted by atomic mass is 19.1. The lowest BCUT2D eigenvalue weighted by Gasteiger charge is -2.15. The van der Waals surface area contributed by atoms with Gasteiger partial charge in [-0.1, -0.05) is 6.58 Å². The topological polar surface area (TPSA) is 115 Å². The number of carbonyl (C=O) groups excluding carboxylic acids is 1. The molecule has 0 fully saturated rings. The van der Waals surface area contributed by atoms with Crippen molar-refractivity contribution in [3.63, 3.8) is 0 Å². The standard InChI is InChI=1S/C23H20F3N7O/c1-3-21(34)30-16-4-5-19(26)20(9-16)32-22-18(13-6-14(24)8-15(25)7-13)12-29-23(33-22)31-17(10-27)11-28-2/h3-12,27-28H,1H2,2H3,(H,30,34)(H2,29,31,32,33)/b17-11+,27-10?. The first-order valence-electron chi connectivity index (χ1n) is 9.81. The van der Waals surface area contributed by atoms with E-state index in [1.807, 2.05) is 0 Å². The molecule has 1 aromatic heterocycles. The first kappa shape index (κ1) is 24.0. The second kappa shape index (κ2) is 10.8. The molecule has 1 heterocycles. The normalized spacial score (nSPS) is 10.9. The number of halogens is 3. The number of nitrogens with one attached hydrogen (secondary N) is 5. The molecule has 3 aromatic rings. The third kappa shape index (κ3) is 5.97. The summed E-state index contributed by atoms with van der Waals surface area (Å²) in [5, 5.41) is 18.3. The quantitative estimate of drug-likeness (QED) is 0.233. The number of carbonyl (C=O) groups is 1. The molecule has 0 atom stereocenters. The Kier molecular flexibility index (Phi) is 7.60. The van der Waals surface area contributed by atoms with Crippen LogP contribution in [0.25, 0.3) is 11.1 Å². The minimum atomic E-state index is -0.813. The van der Waals surface area contributed by atoms with Gasteiger partial charge in [0.05, 0.1) is 11.4 Å². The van der Waals surface area contributed by atoms with Crippen LogP contribution in [-0.4, -0.2) is 29.1 Å². The molecule has 0 unspecified atom stereocenters. The van der Waals surface area contributed by atoms with E-state index in [9.17, 15) is 18.0 Å². The van der Waals surface area contributed by atoms with Crippen molar-refractivity contribution >= 4 is 35.3 Å². The summed E-state index contributed by atoms with van der Waals surface area (Å²) in [6.07, 6.45) is 4.88. The van der Waals surface area contributed by atoms with Crippen molar-refractivity contribution in [1.29, 1.82) is 5.41 Å². The fourth-order valence-electron chi connectivity index (χ4n) is 2.88. The summed E-state index contributed by atoms with van der Waals surface area (Å²) in [7, 11) is 1.64. The van der Waals surface area contributed by atoms with Crippen molar-refractivity contribution in [2.45, 2.75) is 0 Å². The van der Waals surface area contributed by atoms with Gasteiger partial charge in [0.25, 0.3) is 0 Å². The van der Waals surface area contributed by atoms with Gasteiger partial charge in [-0.2, -0.15) is 4.98 Å². The fraction of sp³-hybridized carbons (Fsp3) is 0.0435. The summed E-state index contributed by atoms with van der Waals surface area (Å²) in [5.41, 5.74) is 0.822. The van der Waals surface area contributed by atoms with Crippen LogP contribution >= 0.6 is 0 Å². The lowest BCUT2D eigenvalue weighted by molar-refractivity contribution is -0.111. The van der Waals surface area contributed by atoms with E-state index in [1.165, 1.54) is 24.5 Å². The number of amides is 1. The molecule has 0 aliphatic rings. The highest BCUT2D eigenvalue weighted by Crippen LogP contribution is 2.32. The van der Waals surface area contributed by atoms with Crippen LogP contribution in [0.5, 0.6) is 0 Å². The first-order chi connectivity index (χ1) is 16.3. The van der Waals surface area contributed by atoms with Crippen molar-refractivity contribution in [1.82, 2.24) is 15.3 Å². The lowest BCUT2D eigenvalue weighted by atomic mass is 10.1. The zero-order chi connectivity index (χ0) is 24.7. The zero-order valence-corrected chi connectivity index (χ0v) is 17.9. The van der Waals surface area contributed by atoms with Gasteiger partial charge in [-0.25, -0.2) is 18.2 Å². The molecule has 1 amide bonds. The molecular weight excluding hydrogens is 447 g/mol. The number of aromatic nitrogens is 2. The minimum Gasteiger partial charge on any atom is -0.392 e. The van der Waals surface area contributed by atoms with Gasteiger partial charge in [-0.05, 0) is 42.0 Å². The van der Waals surface area contributed by atoms with Crippen LogP contribution in [0.3, 0.4) is 0 Å². The molecule has 0 saturated carbocycles. The first-order valence-corrected chi connectivity index (χ1v) is 9.81. The van der Waals surface area contributed by atoms with E-state index in [1.54, 1.807) is 7.05 Å². The van der Waals surface area contributed by atoms with Gasteiger partial charge in [0, 0.05) is 43.0 Å². The number of hydrogen-bond acceptors (Lipinski definition) is 7. The molecule has 5 N–H and O–H groups in total. The van der Waals surface area contributed by atoms with E-state index in [0.29, 0.717) is 5.70 Å². The van der Waals surface area contributed by atoms with Crippen LogP contribution in [0.1, 0.15) is 0 Å². The van der Waals surface area contributed by atoms with E-state index in [2.05, 4.69) is 37.8 Å². The number of rotatable bonds is 9. The second-order valence-corrected chi connectivity index (χ2v) is 6.78. The molecule has 2 aromatic carbocycles. The maximum atomic E-state index is 14.6. The van der Waals surface area contributed by atoms with Crippen LogP contribution in [-0.2, 0) is 4.79 Å². The Morgan fingerprint density at radius 2 is 1.82 bits per heavy atom. The average molecular weight is 467 g/mol. The van der Waals surface area contributed by atoms with Gasteiger partial charge in [0.1, 0.15) is 23.3 Å². The number of benzene rings is 2. The predicted octanol–water partition coefficient (Wildman–Crippen LogP) is 4.55. The third-order valence-corrected chi connectivity index (χ3v) is 4.35. The van der Waals surface area contributed by atoms with Crippen molar-refractivity contribution in [2.75, 3.05) is 23.0 Å². The Morgan fingerprint density at radius 3 is 2.47 bits per heavy atom. The summed E-state index contributed by atoms with van der Waals surface area (Å²) in [4.78, 5) is 20.0. The van der Waals surface area contributed by atoms with Crippen molar-refractivity contribution in [3.05, 3.63) is 84.6 Å². The summed E-state index contributed by atoms with van der Waals surface area (Å²) in [6, 6.07) is 6.70. The smallest absolute Gasteiger partial charge is 0.247 e. The van der Waals surface area contributed by atoms with Crippen molar-refractivity contribution in [3.8, 4) is 11.1 Å². The number of nitrogens with zero attached hydrogens (tertiary/aromatic N) is 2. The van der Waals surface area contributed by atoms with E-state index < -0.39 is 23.4 Å². The Balaban J connectivity index is 2.08. The molecule has 0 aliphatic carbocycles. The number of hydrogen-bond donors (Lipinski definition) is 5. The molecule has 34 heavy (non-hydrogen) atoms. The molecule has 174 valence electrons. The molecule has 0 spiro atoms. The summed E-state index contributed by atoms with van der Waals surface area (Å²) < 4.78 is 42.3. The van der Waals surface area contributed by atoms with Gasteiger partial charge < -0.3 is 26.7 Å². The van der Waals surface area contributed by atoms with E-state index >= 15 is 0 Å². The van der Waals surface area contributed by atoms with Crippen LogP contribution in [0.2, 0.25) is 0 Å². The van der Waals surface area contributed by atoms with Crippen LogP contribution in [0.4, 0.5) is 36.3 Å². The molecular formula is C23H20F3N7O.